The van der Waals surface area contributed by atoms with Crippen molar-refractivity contribution in [1.82, 2.24) is 9.97 Å². The predicted molar refractivity (Wildman–Crippen MR) is 409 cm³/mol. The Morgan fingerprint density at radius 3 is 1.34 bits per heavy atom. The summed E-state index contributed by atoms with van der Waals surface area (Å²) in [6, 6.07) is 101. The number of nitrogens with zero attached hydrogens (tertiary/aromatic N) is 7. The van der Waals surface area contributed by atoms with Crippen molar-refractivity contribution in [3.63, 3.8) is 0 Å². The third-order valence-electron chi connectivity index (χ3n) is 21.5. The summed E-state index contributed by atoms with van der Waals surface area (Å²) in [6.07, 6.45) is 2.26. The summed E-state index contributed by atoms with van der Waals surface area (Å²) >= 11 is 3.91. The zero-order chi connectivity index (χ0) is 64.3. The number of thiophene rings is 2. The van der Waals surface area contributed by atoms with Gasteiger partial charge in [0.25, 0.3) is 13.4 Å². The number of benzene rings is 10. The number of fused-ring (bicyclic) bond motifs is 13. The van der Waals surface area contributed by atoms with E-state index in [0.29, 0.717) is 0 Å². The Morgan fingerprint density at radius 1 is 0.365 bits per heavy atom. The molecule has 0 atom stereocenters. The molecule has 7 nitrogen and oxygen atoms in total. The van der Waals surface area contributed by atoms with Gasteiger partial charge in [-0.05, 0) is 187 Å². The quantitative estimate of drug-likeness (QED) is 0.133. The number of pyridine rings is 2. The molecule has 14 aromatic rings. The topological polar surface area (TPSA) is 42.0 Å². The lowest BCUT2D eigenvalue weighted by molar-refractivity contribution is 0.332. The Labute approximate surface area is 570 Å². The summed E-state index contributed by atoms with van der Waals surface area (Å²) in [5, 5.41) is 2.56. The van der Waals surface area contributed by atoms with Crippen LogP contribution in [0.3, 0.4) is 0 Å². The summed E-state index contributed by atoms with van der Waals surface area (Å²) in [4.78, 5) is 24.7. The highest BCUT2D eigenvalue weighted by Gasteiger charge is 2.53. The second-order valence-electron chi connectivity index (χ2n) is 28.3. The Bertz CT molecular complexity index is 5370. The second-order valence-corrected chi connectivity index (χ2v) is 30.5. The Kier molecular flexibility index (Phi) is 12.6. The van der Waals surface area contributed by atoms with Crippen molar-refractivity contribution in [1.29, 1.82) is 0 Å². The van der Waals surface area contributed by atoms with E-state index in [2.05, 4.69) is 339 Å². The molecule has 0 radical (unpaired) electrons. The van der Waals surface area contributed by atoms with Gasteiger partial charge in [-0.1, -0.05) is 199 Å². The molecule has 8 heterocycles. The molecule has 0 saturated heterocycles. The predicted octanol–water partition coefficient (Wildman–Crippen LogP) is 19.2. The molecule has 0 saturated carbocycles. The van der Waals surface area contributed by atoms with Gasteiger partial charge in [0.15, 0.2) is 0 Å². The molecule has 0 amide bonds. The maximum Gasteiger partial charge on any atom is 0.266 e. The summed E-state index contributed by atoms with van der Waals surface area (Å²) in [5.41, 5.74) is 21.9. The molecule has 1 aliphatic carbocycles. The monoisotopic (exact) mass is 1270 g/mol. The van der Waals surface area contributed by atoms with E-state index >= 15 is 0 Å². The SMILES string of the molecule is CC1(C)CCC(C)(C)c2cc(N3c4cc(N(c5ccccc5)c5ccccc5)nc5c4B(c4cc6c(cc4N5c4ccccc4)N(c4ccccc4)c4nc(N(c5ccccc5)c5ccccc5)cc5c4B6c4sc6ccccc6c4C5(C)C)c4sc5ccccc5c43)ccc21. The van der Waals surface area contributed by atoms with Crippen LogP contribution in [0, 0.1) is 0 Å². The molecule has 19 rings (SSSR count). The molecule has 10 aromatic carbocycles. The average Bonchev–Trinajstić information content (AvgIpc) is 1.18. The van der Waals surface area contributed by atoms with Crippen molar-refractivity contribution in [2.45, 2.75) is 70.6 Å². The molecular formula is C85H67B2N7S2. The van der Waals surface area contributed by atoms with Gasteiger partial charge in [0.05, 0.1) is 5.69 Å². The molecule has 4 aromatic heterocycles. The lowest BCUT2D eigenvalue weighted by atomic mass is 9.31. The van der Waals surface area contributed by atoms with Crippen LogP contribution >= 0.6 is 22.7 Å². The first-order chi connectivity index (χ1) is 46.9. The van der Waals surface area contributed by atoms with Crippen LogP contribution in [0.5, 0.6) is 0 Å². The van der Waals surface area contributed by atoms with E-state index < -0.39 is 5.41 Å². The zero-order valence-corrected chi connectivity index (χ0v) is 56.1. The van der Waals surface area contributed by atoms with Crippen molar-refractivity contribution in [3.05, 3.63) is 295 Å². The Hall–Kier alpha value is -10.5. The molecule has 4 aliphatic heterocycles. The van der Waals surface area contributed by atoms with E-state index in [9.17, 15) is 0 Å². The normalized spacial score (nSPS) is 15.5. The van der Waals surface area contributed by atoms with Gasteiger partial charge in [-0.15, -0.1) is 22.7 Å². The van der Waals surface area contributed by atoms with Crippen LogP contribution in [-0.2, 0) is 16.2 Å². The number of hydrogen-bond donors (Lipinski definition) is 0. The third kappa shape index (κ3) is 8.45. The zero-order valence-electron chi connectivity index (χ0n) is 54.5. The molecule has 96 heavy (non-hydrogen) atoms. The lowest BCUT2D eigenvalue weighted by Crippen LogP contribution is -2.66. The van der Waals surface area contributed by atoms with E-state index in [1.54, 1.807) is 0 Å². The fraction of sp³-hybridized carbons (Fsp3) is 0.129. The lowest BCUT2D eigenvalue weighted by Gasteiger charge is -2.47. The van der Waals surface area contributed by atoms with E-state index in [1.165, 1.54) is 79.5 Å². The largest absolute Gasteiger partial charge is 0.310 e. The molecule has 0 fully saturated rings. The fourth-order valence-corrected chi connectivity index (χ4v) is 19.7. The van der Waals surface area contributed by atoms with Crippen LogP contribution in [0.4, 0.5) is 85.8 Å². The van der Waals surface area contributed by atoms with Crippen molar-refractivity contribution in [2.75, 3.05) is 24.5 Å². The van der Waals surface area contributed by atoms with E-state index in [1.807, 2.05) is 22.7 Å². The molecular weight excluding hydrogens is 1200 g/mol. The minimum absolute atomic E-state index is 0.0316. The van der Waals surface area contributed by atoms with Crippen LogP contribution in [-0.4, -0.2) is 23.4 Å². The average molecular weight is 1270 g/mol. The fourth-order valence-electron chi connectivity index (χ4n) is 16.9. The standard InChI is InChI=1S/C85H67B2N7S2/c1-83(2)47-48-84(3,4)64-49-60(45-46-63(64)83)92-70-53-74(91(56-33-17-9-18-34-56)57-35-19-10-20-36-57)89-82-77(70)87(80-78(92)62-42-26-28-44-72(62)96-80)67-51-66-68(52-69(67)94(82)59-39-23-12-24-40-59)93(58-37-21-11-22-38-58)81-76-65(85(5,6)75-61-41-25-27-43-71(61)95-79(75)86(66)76)50-73(88-81)90(54-29-13-7-14-30-54)55-31-15-8-16-32-55/h7-46,49-53H,47-48H2,1-6H3. The molecule has 0 N–H and O–H groups in total. The molecule has 0 spiro atoms. The highest BCUT2D eigenvalue weighted by molar-refractivity contribution is 7.34. The number of hydrogen-bond acceptors (Lipinski definition) is 9. The minimum atomic E-state index is -0.435. The smallest absolute Gasteiger partial charge is 0.266 e. The van der Waals surface area contributed by atoms with Crippen molar-refractivity contribution < 1.29 is 0 Å². The molecule has 460 valence electrons. The number of para-hydroxylation sites is 6. The Morgan fingerprint density at radius 2 is 0.802 bits per heavy atom. The van der Waals surface area contributed by atoms with Crippen molar-refractivity contribution in [3.8, 4) is 0 Å². The van der Waals surface area contributed by atoms with Gasteiger partial charge in [0.1, 0.15) is 23.3 Å². The first-order valence-electron chi connectivity index (χ1n) is 33.7. The first-order valence-corrected chi connectivity index (χ1v) is 35.3. The first kappa shape index (κ1) is 57.0. The number of anilines is 15. The summed E-state index contributed by atoms with van der Waals surface area (Å²) in [6.45, 7) is 14.3. The number of rotatable bonds is 9. The highest BCUT2D eigenvalue weighted by atomic mass is 32.1. The van der Waals surface area contributed by atoms with E-state index in [4.69, 9.17) is 9.97 Å². The Balaban J connectivity index is 0.951. The second kappa shape index (κ2) is 21.3. The summed E-state index contributed by atoms with van der Waals surface area (Å²) in [7, 11) is 0. The van der Waals surface area contributed by atoms with Gasteiger partial charge in [0, 0.05) is 87.9 Å². The van der Waals surface area contributed by atoms with Crippen molar-refractivity contribution >= 4 is 174 Å². The van der Waals surface area contributed by atoms with Crippen LogP contribution in [0.1, 0.15) is 76.6 Å². The molecule has 11 heteroatoms. The van der Waals surface area contributed by atoms with Gasteiger partial charge in [-0.2, -0.15) is 0 Å². The van der Waals surface area contributed by atoms with Gasteiger partial charge >= 0.3 is 0 Å². The van der Waals surface area contributed by atoms with Gasteiger partial charge in [0.2, 0.25) is 0 Å². The molecule has 0 unspecified atom stereocenters. The summed E-state index contributed by atoms with van der Waals surface area (Å²) in [5.74, 6) is 3.51. The summed E-state index contributed by atoms with van der Waals surface area (Å²) < 4.78 is 5.24. The van der Waals surface area contributed by atoms with Gasteiger partial charge < -0.3 is 4.90 Å². The van der Waals surface area contributed by atoms with Crippen LogP contribution in [0.2, 0.25) is 0 Å². The maximum absolute atomic E-state index is 6.22. The maximum atomic E-state index is 6.22. The van der Waals surface area contributed by atoms with Crippen LogP contribution < -0.4 is 55.9 Å². The van der Waals surface area contributed by atoms with E-state index in [-0.39, 0.29) is 24.3 Å². The molecule has 5 aliphatic rings. The highest BCUT2D eigenvalue weighted by Crippen LogP contribution is 2.55. The van der Waals surface area contributed by atoms with Gasteiger partial charge in [-0.3, -0.25) is 19.6 Å². The minimum Gasteiger partial charge on any atom is -0.310 e. The third-order valence-corrected chi connectivity index (χ3v) is 23.9. The van der Waals surface area contributed by atoms with E-state index in [0.717, 1.165) is 93.0 Å². The molecule has 0 bridgehead atoms. The van der Waals surface area contributed by atoms with Crippen LogP contribution in [0.15, 0.2) is 273 Å². The van der Waals surface area contributed by atoms with Crippen molar-refractivity contribution in [2.24, 2.45) is 0 Å². The van der Waals surface area contributed by atoms with Crippen LogP contribution in [0.25, 0.3) is 20.2 Å². The van der Waals surface area contributed by atoms with Gasteiger partial charge in [-0.25, -0.2) is 9.97 Å². The number of aromatic nitrogens is 2.